The average Bonchev–Trinajstić information content (AvgIpc) is 2.84. The fourth-order valence-corrected chi connectivity index (χ4v) is 6.16. The molecule has 0 spiro atoms. The molecule has 7 atom stereocenters. The number of phosphoric ester groups is 1. The molecule has 0 radical (unpaired) electrons. The van der Waals surface area contributed by atoms with Crippen LogP contribution in [0.25, 0.3) is 0 Å². The van der Waals surface area contributed by atoms with Gasteiger partial charge in [-0.1, -0.05) is 17.5 Å². The first-order valence-corrected chi connectivity index (χ1v) is 12.9. The van der Waals surface area contributed by atoms with Gasteiger partial charge in [0.15, 0.2) is 11.1 Å². The fourth-order valence-electron chi connectivity index (χ4n) is 2.68. The Balaban J connectivity index is 2.28. The number of ether oxygens (including phenoxy) is 1. The molecule has 1 aromatic rings. The number of aliphatic hydroxyl groups is 1. The van der Waals surface area contributed by atoms with Gasteiger partial charge in [-0.3, -0.25) is 18.9 Å². The molecule has 16 nitrogen and oxygen atoms in total. The number of aromatic amines is 1. The third-order valence-corrected chi connectivity index (χ3v) is 8.34. The number of rotatable bonds is 8. The lowest BCUT2D eigenvalue weighted by Gasteiger charge is -2.26. The van der Waals surface area contributed by atoms with E-state index in [0.29, 0.717) is 0 Å². The van der Waals surface area contributed by atoms with E-state index in [1.807, 2.05) is 10.9 Å². The van der Waals surface area contributed by atoms with Crippen molar-refractivity contribution in [3.8, 4) is 12.3 Å². The number of aromatic nitrogens is 2. The highest BCUT2D eigenvalue weighted by Crippen LogP contribution is 2.66. The van der Waals surface area contributed by atoms with Gasteiger partial charge < -0.3 is 29.4 Å². The summed E-state index contributed by atoms with van der Waals surface area (Å²) in [6.45, 7) is 1.01. The minimum Gasteiger partial charge on any atom is -0.387 e. The van der Waals surface area contributed by atoms with Crippen molar-refractivity contribution in [3.63, 3.8) is 0 Å². The molecule has 0 bridgehead atoms. The molecule has 1 aromatic heterocycles. The number of phosphoric acid groups is 3. The van der Waals surface area contributed by atoms with Crippen LogP contribution in [0.3, 0.4) is 0 Å². The number of alkyl halides is 1. The minimum absolute atomic E-state index is 0.731. The summed E-state index contributed by atoms with van der Waals surface area (Å²) in [6.07, 6.45) is -0.520. The largest absolute Gasteiger partial charge is 0.490 e. The molecule has 0 aliphatic carbocycles. The SMILES string of the molecule is C#CC1(Cl)[C@@H](O)[C@@H]([C@@H](C)OP(=O)(O)OP(=O)(O)OP(=O)(O)O)O[C@H]1n1ccc(=O)[nH]c1=O. The summed E-state index contributed by atoms with van der Waals surface area (Å²) in [6, 6.07) is 0.924. The summed E-state index contributed by atoms with van der Waals surface area (Å²) in [5.41, 5.74) is -1.78. The van der Waals surface area contributed by atoms with Gasteiger partial charge in [0.2, 0.25) is 0 Å². The molecular weight excluding hydrogens is 525 g/mol. The van der Waals surface area contributed by atoms with Gasteiger partial charge >= 0.3 is 29.2 Å². The maximum Gasteiger partial charge on any atom is 0.490 e. The standard InChI is InChI=1S/C12H16ClN2O14P3/c1-3-12(13)9(17)8(26-10(12)15-5-4-7(16)14-11(15)18)6(2)27-31(22,23)29-32(24,25)28-30(19,20)21/h1,4-6,8-10,17H,2H3,(H,22,23)(H,24,25)(H,14,16,18)(H2,19,20,21)/t6-,8-,9+,10-,12?/m1/s1. The Labute approximate surface area is 183 Å². The quantitative estimate of drug-likeness (QED) is 0.133. The molecular formula is C12H16ClN2O14P3. The molecule has 1 aliphatic heterocycles. The summed E-state index contributed by atoms with van der Waals surface area (Å²) >= 11 is 6.23. The number of aliphatic hydroxyl groups excluding tert-OH is 1. The van der Waals surface area contributed by atoms with Crippen LogP contribution in [-0.2, 0) is 31.6 Å². The van der Waals surface area contributed by atoms with Crippen LogP contribution in [0.1, 0.15) is 13.2 Å². The number of halogens is 1. The summed E-state index contributed by atoms with van der Waals surface area (Å²) in [5.74, 6) is 2.02. The molecule has 0 amide bonds. The highest BCUT2D eigenvalue weighted by atomic mass is 35.5. The Hall–Kier alpha value is -1.14. The summed E-state index contributed by atoms with van der Waals surface area (Å²) in [7, 11) is -17.0. The predicted molar refractivity (Wildman–Crippen MR) is 103 cm³/mol. The molecule has 2 rings (SSSR count). The van der Waals surface area contributed by atoms with Crippen LogP contribution in [0.4, 0.5) is 0 Å². The van der Waals surface area contributed by atoms with E-state index < -0.39 is 64.1 Å². The van der Waals surface area contributed by atoms with Crippen LogP contribution < -0.4 is 11.2 Å². The number of nitrogens with one attached hydrogen (secondary N) is 1. The molecule has 6 N–H and O–H groups in total. The van der Waals surface area contributed by atoms with Crippen molar-refractivity contribution in [2.75, 3.05) is 0 Å². The zero-order valence-corrected chi connectivity index (χ0v) is 19.1. The maximum atomic E-state index is 12.1. The van der Waals surface area contributed by atoms with Crippen LogP contribution in [0, 0.1) is 12.3 Å². The lowest BCUT2D eigenvalue weighted by Crippen LogP contribution is -2.45. The van der Waals surface area contributed by atoms with E-state index in [2.05, 4.69) is 13.1 Å². The molecule has 0 aromatic carbocycles. The normalized spacial score (nSPS) is 30.8. The van der Waals surface area contributed by atoms with Crippen LogP contribution in [0.2, 0.25) is 0 Å². The van der Waals surface area contributed by atoms with Crippen LogP contribution in [-0.4, -0.2) is 57.4 Å². The predicted octanol–water partition coefficient (Wildman–Crippen LogP) is -0.863. The molecule has 32 heavy (non-hydrogen) atoms. The van der Waals surface area contributed by atoms with Crippen molar-refractivity contribution >= 4 is 35.1 Å². The van der Waals surface area contributed by atoms with E-state index in [1.165, 1.54) is 0 Å². The Kier molecular flexibility index (Phi) is 7.83. The summed E-state index contributed by atoms with van der Waals surface area (Å²) in [4.78, 5) is 59.0. The van der Waals surface area contributed by atoms with E-state index in [9.17, 15) is 38.2 Å². The first-order valence-electron chi connectivity index (χ1n) is 8.05. The molecule has 180 valence electrons. The molecule has 1 saturated heterocycles. The number of nitrogens with zero attached hydrogens (tertiary/aromatic N) is 1. The van der Waals surface area contributed by atoms with Crippen molar-refractivity contribution in [1.82, 2.24) is 9.55 Å². The van der Waals surface area contributed by atoms with E-state index in [-0.39, 0.29) is 0 Å². The second-order valence-corrected chi connectivity index (χ2v) is 11.2. The van der Waals surface area contributed by atoms with E-state index in [0.717, 1.165) is 23.8 Å². The summed E-state index contributed by atoms with van der Waals surface area (Å²) in [5, 5.41) is 10.5. The van der Waals surface area contributed by atoms with Crippen molar-refractivity contribution in [1.29, 1.82) is 0 Å². The zero-order valence-electron chi connectivity index (χ0n) is 15.6. The van der Waals surface area contributed by atoms with Crippen molar-refractivity contribution in [2.24, 2.45) is 0 Å². The lowest BCUT2D eigenvalue weighted by atomic mass is 9.97. The van der Waals surface area contributed by atoms with Gasteiger partial charge in [0.05, 0.1) is 6.10 Å². The first-order chi connectivity index (χ1) is 14.4. The number of H-pyrrole nitrogens is 1. The molecule has 3 unspecified atom stereocenters. The third-order valence-electron chi connectivity index (χ3n) is 3.89. The molecule has 1 fully saturated rings. The molecule has 1 aliphatic rings. The van der Waals surface area contributed by atoms with Gasteiger partial charge in [-0.05, 0) is 6.92 Å². The zero-order chi connectivity index (χ0) is 24.7. The average molecular weight is 541 g/mol. The van der Waals surface area contributed by atoms with E-state index >= 15 is 0 Å². The lowest BCUT2D eigenvalue weighted by molar-refractivity contribution is -0.0749. The number of hydrogen-bond acceptors (Lipinski definition) is 10. The van der Waals surface area contributed by atoms with Crippen LogP contribution >= 0.6 is 35.1 Å². The second-order valence-electron chi connectivity index (χ2n) is 6.23. The van der Waals surface area contributed by atoms with Gasteiger partial charge in [-0.25, -0.2) is 18.5 Å². The van der Waals surface area contributed by atoms with E-state index in [1.54, 1.807) is 0 Å². The number of hydrogen-bond donors (Lipinski definition) is 6. The van der Waals surface area contributed by atoms with Gasteiger partial charge in [-0.15, -0.1) is 6.42 Å². The van der Waals surface area contributed by atoms with Crippen molar-refractivity contribution in [3.05, 3.63) is 33.1 Å². The third kappa shape index (κ3) is 6.25. The highest BCUT2D eigenvalue weighted by Gasteiger charge is 2.58. The van der Waals surface area contributed by atoms with Crippen LogP contribution in [0.5, 0.6) is 0 Å². The van der Waals surface area contributed by atoms with E-state index in [4.69, 9.17) is 32.5 Å². The number of terminal acetylenes is 1. The monoisotopic (exact) mass is 540 g/mol. The smallest absolute Gasteiger partial charge is 0.387 e. The second kappa shape index (κ2) is 9.25. The first kappa shape index (κ1) is 27.1. The minimum atomic E-state index is -5.78. The van der Waals surface area contributed by atoms with Crippen LogP contribution in [0.15, 0.2) is 21.9 Å². The maximum absolute atomic E-state index is 12.1. The Morgan fingerprint density at radius 2 is 1.84 bits per heavy atom. The highest BCUT2D eigenvalue weighted by molar-refractivity contribution is 7.66. The Morgan fingerprint density at radius 3 is 2.34 bits per heavy atom. The van der Waals surface area contributed by atoms with Crippen molar-refractivity contribution in [2.45, 2.75) is 36.3 Å². The molecule has 2 heterocycles. The van der Waals surface area contributed by atoms with Crippen molar-refractivity contribution < 1.29 is 56.3 Å². The Bertz CT molecular complexity index is 1170. The molecule has 0 saturated carbocycles. The summed E-state index contributed by atoms with van der Waals surface area (Å²) < 4.78 is 52.0. The van der Waals surface area contributed by atoms with Gasteiger partial charge in [-0.2, -0.15) is 8.62 Å². The topological polar surface area (TPSA) is 244 Å². The Morgan fingerprint density at radius 1 is 1.25 bits per heavy atom. The fraction of sp³-hybridized carbons (Fsp3) is 0.500. The van der Waals surface area contributed by atoms with Gasteiger partial charge in [0.25, 0.3) is 5.56 Å². The van der Waals surface area contributed by atoms with Gasteiger partial charge in [0.1, 0.15) is 12.2 Å². The van der Waals surface area contributed by atoms with Gasteiger partial charge in [0, 0.05) is 12.3 Å². The molecule has 20 heteroatoms.